The van der Waals surface area contributed by atoms with Gasteiger partial charge >= 0.3 is 0 Å². The number of nitrogens with two attached hydrogens (primary N) is 1. The first-order valence-corrected chi connectivity index (χ1v) is 6.92. The average Bonchev–Trinajstić information content (AvgIpc) is 2.20. The van der Waals surface area contributed by atoms with Crippen molar-refractivity contribution in [1.82, 2.24) is 9.97 Å². The van der Waals surface area contributed by atoms with E-state index >= 15 is 0 Å². The minimum Gasteiger partial charge on any atom is -0.381 e. The lowest BCUT2D eigenvalue weighted by atomic mass is 10.2. The summed E-state index contributed by atoms with van der Waals surface area (Å²) < 4.78 is 22.9. The zero-order chi connectivity index (χ0) is 11.6. The first-order valence-electron chi connectivity index (χ1n) is 5.10. The highest BCUT2D eigenvalue weighted by molar-refractivity contribution is 7.91. The molecule has 1 atom stereocenters. The van der Waals surface area contributed by atoms with Gasteiger partial charge in [-0.2, -0.15) is 0 Å². The Kier molecular flexibility index (Phi) is 2.95. The van der Waals surface area contributed by atoms with Crippen LogP contribution in [0.25, 0.3) is 0 Å². The molecule has 1 saturated heterocycles. The summed E-state index contributed by atoms with van der Waals surface area (Å²) >= 11 is 0. The topological polar surface area (TPSA) is 98.0 Å². The molecular formula is C9H14N4O2S. The summed E-state index contributed by atoms with van der Waals surface area (Å²) in [5.74, 6) is 1.18. The largest absolute Gasteiger partial charge is 0.381 e. The molecule has 1 aromatic rings. The Morgan fingerprint density at radius 3 is 2.81 bits per heavy atom. The summed E-state index contributed by atoms with van der Waals surface area (Å²) in [6.45, 7) is 0. The number of rotatable bonds is 2. The van der Waals surface area contributed by atoms with Gasteiger partial charge in [-0.1, -0.05) is 0 Å². The van der Waals surface area contributed by atoms with Crippen molar-refractivity contribution in [3.63, 3.8) is 0 Å². The number of aromatic nitrogens is 2. The summed E-state index contributed by atoms with van der Waals surface area (Å²) in [6.07, 6.45) is 4.52. The predicted octanol–water partition coefficient (Wildman–Crippen LogP) is 0.0479. The zero-order valence-electron chi connectivity index (χ0n) is 8.76. The number of nitrogens with zero attached hydrogens (tertiary/aromatic N) is 2. The minimum absolute atomic E-state index is 0.113. The van der Waals surface area contributed by atoms with Crippen LogP contribution < -0.4 is 11.1 Å². The molecule has 0 amide bonds. The molecule has 0 aromatic carbocycles. The summed E-state index contributed by atoms with van der Waals surface area (Å²) in [7, 11) is -2.92. The molecule has 1 unspecified atom stereocenters. The normalized spacial score (nSPS) is 23.9. The lowest BCUT2D eigenvalue weighted by molar-refractivity contribution is 0.561. The quantitative estimate of drug-likeness (QED) is 0.760. The maximum absolute atomic E-state index is 11.4. The van der Waals surface area contributed by atoms with Gasteiger partial charge in [-0.25, -0.2) is 18.4 Å². The molecule has 0 spiro atoms. The van der Waals surface area contributed by atoms with E-state index in [-0.39, 0.29) is 17.5 Å². The lowest BCUT2D eigenvalue weighted by Gasteiger charge is -2.23. The number of anilines is 2. The van der Waals surface area contributed by atoms with Crippen LogP contribution in [0.3, 0.4) is 0 Å². The van der Waals surface area contributed by atoms with Crippen LogP contribution >= 0.6 is 0 Å². The molecule has 0 saturated carbocycles. The molecule has 2 rings (SSSR count). The van der Waals surface area contributed by atoms with Crippen molar-refractivity contribution in [1.29, 1.82) is 0 Å². The van der Waals surface area contributed by atoms with E-state index in [0.29, 0.717) is 18.1 Å². The number of hydrogen-bond donors (Lipinski definition) is 2. The van der Waals surface area contributed by atoms with Crippen LogP contribution in [0.4, 0.5) is 11.6 Å². The van der Waals surface area contributed by atoms with Crippen molar-refractivity contribution in [3.8, 4) is 0 Å². The third-order valence-electron chi connectivity index (χ3n) is 2.53. The maximum atomic E-state index is 11.4. The zero-order valence-corrected chi connectivity index (χ0v) is 9.57. The van der Waals surface area contributed by atoms with Gasteiger partial charge < -0.3 is 11.1 Å². The summed E-state index contributed by atoms with van der Waals surface area (Å²) in [6, 6.07) is -0.113. The number of hydrogen-bond acceptors (Lipinski definition) is 6. The van der Waals surface area contributed by atoms with Gasteiger partial charge in [0, 0.05) is 18.4 Å². The molecule has 1 aliphatic heterocycles. The van der Waals surface area contributed by atoms with Gasteiger partial charge in [-0.05, 0) is 12.8 Å². The van der Waals surface area contributed by atoms with Crippen LogP contribution in [0.2, 0.25) is 0 Å². The molecule has 0 bridgehead atoms. The second kappa shape index (κ2) is 4.25. The van der Waals surface area contributed by atoms with E-state index in [1.165, 1.54) is 12.4 Å². The van der Waals surface area contributed by atoms with Crippen LogP contribution in [0.15, 0.2) is 12.4 Å². The van der Waals surface area contributed by atoms with Crippen LogP contribution in [-0.4, -0.2) is 35.9 Å². The second-order valence-electron chi connectivity index (χ2n) is 3.89. The van der Waals surface area contributed by atoms with E-state index in [4.69, 9.17) is 5.73 Å². The first-order chi connectivity index (χ1) is 7.57. The van der Waals surface area contributed by atoms with Gasteiger partial charge in [-0.3, -0.25) is 0 Å². The van der Waals surface area contributed by atoms with Gasteiger partial charge in [0.2, 0.25) is 0 Å². The van der Waals surface area contributed by atoms with Crippen LogP contribution in [0, 0.1) is 0 Å². The van der Waals surface area contributed by atoms with E-state index in [9.17, 15) is 8.42 Å². The first kappa shape index (κ1) is 11.1. The Balaban J connectivity index is 2.08. The summed E-state index contributed by atoms with van der Waals surface area (Å²) in [5, 5.41) is 3.03. The van der Waals surface area contributed by atoms with Crippen molar-refractivity contribution in [2.75, 3.05) is 22.6 Å². The molecule has 7 heteroatoms. The van der Waals surface area contributed by atoms with E-state index in [0.717, 1.165) is 6.42 Å². The Morgan fingerprint density at radius 2 is 2.12 bits per heavy atom. The Morgan fingerprint density at radius 1 is 1.38 bits per heavy atom. The highest BCUT2D eigenvalue weighted by atomic mass is 32.2. The van der Waals surface area contributed by atoms with Crippen molar-refractivity contribution >= 4 is 21.5 Å². The third kappa shape index (κ3) is 2.60. The monoisotopic (exact) mass is 242 g/mol. The fourth-order valence-corrected chi connectivity index (χ4v) is 3.43. The Labute approximate surface area is 94.2 Å². The Bertz CT molecular complexity index is 474. The van der Waals surface area contributed by atoms with E-state index in [2.05, 4.69) is 15.3 Å². The Hall–Kier alpha value is -1.37. The fourth-order valence-electron chi connectivity index (χ4n) is 1.79. The van der Waals surface area contributed by atoms with Gasteiger partial charge in [0.15, 0.2) is 21.5 Å². The average molecular weight is 242 g/mol. The minimum atomic E-state index is -2.92. The molecule has 88 valence electrons. The fraction of sp³-hybridized carbons (Fsp3) is 0.556. The molecule has 2 heterocycles. The molecular weight excluding hydrogens is 228 g/mol. The van der Waals surface area contributed by atoms with E-state index < -0.39 is 9.84 Å². The van der Waals surface area contributed by atoms with Gasteiger partial charge in [0.1, 0.15) is 0 Å². The van der Waals surface area contributed by atoms with Gasteiger partial charge in [-0.15, -0.1) is 0 Å². The third-order valence-corrected chi connectivity index (χ3v) is 4.35. The van der Waals surface area contributed by atoms with Crippen LogP contribution in [0.1, 0.15) is 12.8 Å². The standard InChI is InChI=1S/C9H14N4O2S/c10-8-9(12-4-3-11-8)13-7-2-1-5-16(14,15)6-7/h3-4,7H,1-2,5-6H2,(H2,10,11)(H,12,13). The predicted molar refractivity (Wildman–Crippen MR) is 61.7 cm³/mol. The highest BCUT2D eigenvalue weighted by Crippen LogP contribution is 2.18. The molecule has 1 aromatic heterocycles. The number of sulfone groups is 1. The molecule has 16 heavy (non-hydrogen) atoms. The molecule has 3 N–H and O–H groups in total. The smallest absolute Gasteiger partial charge is 0.169 e. The molecule has 0 radical (unpaired) electrons. The van der Waals surface area contributed by atoms with E-state index in [1.807, 2.05) is 0 Å². The number of nitrogens with one attached hydrogen (secondary N) is 1. The summed E-state index contributed by atoms with van der Waals surface area (Å²) in [5.41, 5.74) is 5.62. The molecule has 1 aliphatic rings. The molecule has 1 fully saturated rings. The maximum Gasteiger partial charge on any atom is 0.169 e. The van der Waals surface area contributed by atoms with Crippen LogP contribution in [0.5, 0.6) is 0 Å². The van der Waals surface area contributed by atoms with Crippen molar-refractivity contribution in [2.45, 2.75) is 18.9 Å². The van der Waals surface area contributed by atoms with Crippen LogP contribution in [-0.2, 0) is 9.84 Å². The van der Waals surface area contributed by atoms with E-state index in [1.54, 1.807) is 0 Å². The second-order valence-corrected chi connectivity index (χ2v) is 6.12. The van der Waals surface area contributed by atoms with Crippen molar-refractivity contribution in [2.24, 2.45) is 0 Å². The van der Waals surface area contributed by atoms with Crippen molar-refractivity contribution in [3.05, 3.63) is 12.4 Å². The van der Waals surface area contributed by atoms with Gasteiger partial charge in [0.25, 0.3) is 0 Å². The SMILES string of the molecule is Nc1nccnc1NC1CCCS(=O)(=O)C1. The summed E-state index contributed by atoms with van der Waals surface area (Å²) in [4.78, 5) is 7.91. The number of nitrogen functional groups attached to an aromatic ring is 1. The van der Waals surface area contributed by atoms with Gasteiger partial charge in [0.05, 0.1) is 11.5 Å². The van der Waals surface area contributed by atoms with Crippen molar-refractivity contribution < 1.29 is 8.42 Å². The highest BCUT2D eigenvalue weighted by Gasteiger charge is 2.25. The lowest BCUT2D eigenvalue weighted by Crippen LogP contribution is -2.35. The molecule has 0 aliphatic carbocycles. The molecule has 6 nitrogen and oxygen atoms in total.